The Labute approximate surface area is 125 Å². The molecule has 1 atom stereocenters. The maximum atomic E-state index is 6.31. The summed E-state index contributed by atoms with van der Waals surface area (Å²) in [7, 11) is 1.62. The van der Waals surface area contributed by atoms with Crippen LogP contribution in [0.25, 0.3) is 0 Å². The van der Waals surface area contributed by atoms with Crippen LogP contribution in [-0.2, 0) is 0 Å². The van der Waals surface area contributed by atoms with Crippen molar-refractivity contribution in [3.05, 3.63) is 64.2 Å². The summed E-state index contributed by atoms with van der Waals surface area (Å²) in [5, 5.41) is 0.629. The minimum atomic E-state index is -0.227. The first-order valence-electron chi connectivity index (χ1n) is 6.71. The zero-order valence-corrected chi connectivity index (χ0v) is 12.8. The fraction of sp³-hybridized carbons (Fsp3) is 0.294. The molecule has 0 aliphatic carbocycles. The van der Waals surface area contributed by atoms with Crippen LogP contribution in [0.3, 0.4) is 0 Å². The van der Waals surface area contributed by atoms with E-state index >= 15 is 0 Å². The highest BCUT2D eigenvalue weighted by atomic mass is 35.5. The van der Waals surface area contributed by atoms with Gasteiger partial charge < -0.3 is 10.5 Å². The molecular formula is C17H20ClNO. The fourth-order valence-electron chi connectivity index (χ4n) is 2.15. The van der Waals surface area contributed by atoms with E-state index in [1.165, 1.54) is 5.56 Å². The van der Waals surface area contributed by atoms with Gasteiger partial charge in [-0.15, -0.1) is 0 Å². The van der Waals surface area contributed by atoms with Crippen molar-refractivity contribution in [1.82, 2.24) is 0 Å². The molecule has 2 rings (SSSR count). The van der Waals surface area contributed by atoms with Crippen molar-refractivity contribution in [1.29, 1.82) is 0 Å². The summed E-state index contributed by atoms with van der Waals surface area (Å²) in [5.74, 6) is 1.26. The summed E-state index contributed by atoms with van der Waals surface area (Å²) in [5.41, 5.74) is 9.58. The highest BCUT2D eigenvalue weighted by Crippen LogP contribution is 2.30. The van der Waals surface area contributed by atoms with Crippen molar-refractivity contribution >= 4 is 11.6 Å². The second-order valence-corrected chi connectivity index (χ2v) is 5.59. The predicted molar refractivity (Wildman–Crippen MR) is 84.6 cm³/mol. The van der Waals surface area contributed by atoms with E-state index in [2.05, 4.69) is 38.1 Å². The van der Waals surface area contributed by atoms with E-state index in [1.54, 1.807) is 13.2 Å². The van der Waals surface area contributed by atoms with Gasteiger partial charge in [0.15, 0.2) is 0 Å². The standard InChI is InChI=1S/C17H20ClNO/c1-11(2)12-4-6-13(7-5-12)17(19)15-9-8-14(20-3)10-16(15)18/h4-11,17H,19H2,1-3H3. The van der Waals surface area contributed by atoms with E-state index in [9.17, 15) is 0 Å². The van der Waals surface area contributed by atoms with E-state index in [4.69, 9.17) is 22.1 Å². The fourth-order valence-corrected chi connectivity index (χ4v) is 2.44. The van der Waals surface area contributed by atoms with E-state index in [1.807, 2.05) is 12.1 Å². The number of methoxy groups -OCH3 is 1. The van der Waals surface area contributed by atoms with Gasteiger partial charge >= 0.3 is 0 Å². The summed E-state index contributed by atoms with van der Waals surface area (Å²) in [6.07, 6.45) is 0. The average molecular weight is 290 g/mol. The molecule has 0 aromatic heterocycles. The van der Waals surface area contributed by atoms with Crippen molar-refractivity contribution in [2.24, 2.45) is 5.73 Å². The molecule has 2 aromatic carbocycles. The van der Waals surface area contributed by atoms with Crippen molar-refractivity contribution in [3.63, 3.8) is 0 Å². The lowest BCUT2D eigenvalue weighted by Gasteiger charge is -2.16. The summed E-state index contributed by atoms with van der Waals surface area (Å²) in [6, 6.07) is 13.7. The van der Waals surface area contributed by atoms with E-state index in [0.29, 0.717) is 10.9 Å². The predicted octanol–water partition coefficient (Wildman–Crippen LogP) is 4.52. The highest BCUT2D eigenvalue weighted by molar-refractivity contribution is 6.31. The molecule has 0 saturated heterocycles. The summed E-state index contributed by atoms with van der Waals surface area (Å²) >= 11 is 6.27. The first-order valence-corrected chi connectivity index (χ1v) is 7.09. The van der Waals surface area contributed by atoms with Gasteiger partial charge in [0.1, 0.15) is 5.75 Å². The molecular weight excluding hydrogens is 270 g/mol. The zero-order valence-electron chi connectivity index (χ0n) is 12.1. The van der Waals surface area contributed by atoms with Crippen LogP contribution < -0.4 is 10.5 Å². The molecule has 2 aromatic rings. The summed E-state index contributed by atoms with van der Waals surface area (Å²) in [4.78, 5) is 0. The lowest BCUT2D eigenvalue weighted by Crippen LogP contribution is -2.12. The first kappa shape index (κ1) is 14.9. The number of halogens is 1. The molecule has 1 unspecified atom stereocenters. The molecule has 0 aliphatic rings. The molecule has 20 heavy (non-hydrogen) atoms. The third kappa shape index (κ3) is 3.14. The van der Waals surface area contributed by atoms with Gasteiger partial charge in [-0.25, -0.2) is 0 Å². The van der Waals surface area contributed by atoms with Crippen LogP contribution >= 0.6 is 11.6 Å². The van der Waals surface area contributed by atoms with Gasteiger partial charge in [0, 0.05) is 5.02 Å². The van der Waals surface area contributed by atoms with Gasteiger partial charge in [0.25, 0.3) is 0 Å². The molecule has 0 fully saturated rings. The summed E-state index contributed by atoms with van der Waals surface area (Å²) < 4.78 is 5.15. The third-order valence-corrected chi connectivity index (χ3v) is 3.83. The molecule has 106 valence electrons. The molecule has 0 amide bonds. The van der Waals surface area contributed by atoms with Gasteiger partial charge in [-0.3, -0.25) is 0 Å². The smallest absolute Gasteiger partial charge is 0.120 e. The van der Waals surface area contributed by atoms with Crippen molar-refractivity contribution < 1.29 is 4.74 Å². The van der Waals surface area contributed by atoms with E-state index in [-0.39, 0.29) is 6.04 Å². The minimum absolute atomic E-state index is 0.227. The Balaban J connectivity index is 2.28. The SMILES string of the molecule is COc1ccc(C(N)c2ccc(C(C)C)cc2)c(Cl)c1. The Bertz CT molecular complexity index is 578. The average Bonchev–Trinajstić information content (AvgIpc) is 2.46. The number of rotatable bonds is 4. The second kappa shape index (κ2) is 6.29. The first-order chi connectivity index (χ1) is 9.52. The number of nitrogens with two attached hydrogens (primary N) is 1. The van der Waals surface area contributed by atoms with E-state index < -0.39 is 0 Å². The molecule has 0 radical (unpaired) electrons. The Morgan fingerprint density at radius 2 is 1.60 bits per heavy atom. The lowest BCUT2D eigenvalue weighted by molar-refractivity contribution is 0.414. The molecule has 2 N–H and O–H groups in total. The van der Waals surface area contributed by atoms with Crippen molar-refractivity contribution in [3.8, 4) is 5.75 Å². The molecule has 0 aliphatic heterocycles. The van der Waals surface area contributed by atoms with E-state index in [0.717, 1.165) is 16.9 Å². The number of hydrogen-bond acceptors (Lipinski definition) is 2. The summed E-state index contributed by atoms with van der Waals surface area (Å²) in [6.45, 7) is 4.35. The zero-order chi connectivity index (χ0) is 14.7. The van der Waals surface area contributed by atoms with Crippen LogP contribution in [0, 0.1) is 0 Å². The topological polar surface area (TPSA) is 35.2 Å². The van der Waals surface area contributed by atoms with Gasteiger partial charge in [0.05, 0.1) is 13.2 Å². The normalized spacial score (nSPS) is 12.5. The van der Waals surface area contributed by atoms with Crippen LogP contribution in [0.4, 0.5) is 0 Å². The minimum Gasteiger partial charge on any atom is -0.497 e. The maximum absolute atomic E-state index is 6.31. The van der Waals surface area contributed by atoms with Crippen molar-refractivity contribution in [2.45, 2.75) is 25.8 Å². The quantitative estimate of drug-likeness (QED) is 0.898. The second-order valence-electron chi connectivity index (χ2n) is 5.19. The van der Waals surface area contributed by atoms with Gasteiger partial charge in [-0.2, -0.15) is 0 Å². The highest BCUT2D eigenvalue weighted by Gasteiger charge is 2.13. The monoisotopic (exact) mass is 289 g/mol. The van der Waals surface area contributed by atoms with Crippen molar-refractivity contribution in [2.75, 3.05) is 7.11 Å². The molecule has 2 nitrogen and oxygen atoms in total. The third-order valence-electron chi connectivity index (χ3n) is 3.50. The molecule has 0 spiro atoms. The van der Waals surface area contributed by atoms with Gasteiger partial charge in [-0.1, -0.05) is 55.8 Å². The Morgan fingerprint density at radius 3 is 2.10 bits per heavy atom. The molecule has 0 bridgehead atoms. The van der Waals surface area contributed by atoms with Crippen LogP contribution in [0.15, 0.2) is 42.5 Å². The largest absolute Gasteiger partial charge is 0.497 e. The Hall–Kier alpha value is -1.51. The Morgan fingerprint density at radius 1 is 1.00 bits per heavy atom. The van der Waals surface area contributed by atoms with Gasteiger partial charge in [0.2, 0.25) is 0 Å². The van der Waals surface area contributed by atoms with Crippen LogP contribution in [0.2, 0.25) is 5.02 Å². The van der Waals surface area contributed by atoms with Crippen LogP contribution in [-0.4, -0.2) is 7.11 Å². The van der Waals surface area contributed by atoms with Gasteiger partial charge in [-0.05, 0) is 34.7 Å². The molecule has 0 heterocycles. The molecule has 3 heteroatoms. The number of benzene rings is 2. The number of hydrogen-bond donors (Lipinski definition) is 1. The molecule has 0 saturated carbocycles. The maximum Gasteiger partial charge on any atom is 0.120 e. The number of ether oxygens (including phenoxy) is 1. The van der Waals surface area contributed by atoms with Crippen LogP contribution in [0.5, 0.6) is 5.75 Å². The Kier molecular flexibility index (Phi) is 4.69. The lowest BCUT2D eigenvalue weighted by atomic mass is 9.96. The van der Waals surface area contributed by atoms with Crippen LogP contribution in [0.1, 0.15) is 42.5 Å².